The molecular formula is C20H15FN2OS. The highest BCUT2D eigenvalue weighted by molar-refractivity contribution is 7.19. The molecule has 0 aliphatic heterocycles. The highest BCUT2D eigenvalue weighted by Gasteiger charge is 2.17. The van der Waals surface area contributed by atoms with Crippen LogP contribution in [0.3, 0.4) is 0 Å². The minimum atomic E-state index is -0.297. The Morgan fingerprint density at radius 3 is 2.28 bits per heavy atom. The van der Waals surface area contributed by atoms with Gasteiger partial charge in [0.05, 0.1) is 5.39 Å². The fourth-order valence-corrected chi connectivity index (χ4v) is 3.98. The molecule has 0 saturated heterocycles. The van der Waals surface area contributed by atoms with Crippen LogP contribution in [0.1, 0.15) is 10.4 Å². The van der Waals surface area contributed by atoms with E-state index in [9.17, 15) is 9.18 Å². The minimum absolute atomic E-state index is 0.177. The number of hydrogen-bond donors (Lipinski definition) is 1. The van der Waals surface area contributed by atoms with Crippen LogP contribution in [0.2, 0.25) is 0 Å². The maximum absolute atomic E-state index is 13.2. The fraction of sp³-hybridized carbons (Fsp3) is 0.100. The lowest BCUT2D eigenvalue weighted by atomic mass is 10.0. The second kappa shape index (κ2) is 5.93. The highest BCUT2D eigenvalue weighted by atomic mass is 32.1. The van der Waals surface area contributed by atoms with Gasteiger partial charge in [-0.05, 0) is 31.5 Å². The van der Waals surface area contributed by atoms with Gasteiger partial charge in [0.25, 0.3) is 5.56 Å². The molecule has 4 rings (SSSR count). The predicted octanol–water partition coefficient (Wildman–Crippen LogP) is 5.07. The number of rotatable bonds is 2. The van der Waals surface area contributed by atoms with Gasteiger partial charge in [0.15, 0.2) is 0 Å². The molecule has 2 heterocycles. The monoisotopic (exact) mass is 350 g/mol. The summed E-state index contributed by atoms with van der Waals surface area (Å²) in [4.78, 5) is 22.0. The number of thiophene rings is 1. The number of H-pyrrole nitrogens is 1. The fourth-order valence-electron chi connectivity index (χ4n) is 2.93. The molecular weight excluding hydrogens is 335 g/mol. The van der Waals surface area contributed by atoms with E-state index in [-0.39, 0.29) is 11.4 Å². The molecule has 0 saturated carbocycles. The van der Waals surface area contributed by atoms with Gasteiger partial charge in [-0.2, -0.15) is 0 Å². The standard InChI is InChI=1S/C20H15FN2OS/c1-11-3-5-14(6-4-11)18-22-19(24)17-16(12(2)25-20(17)23-18)13-7-9-15(21)10-8-13/h3-10H,1-2H3,(H,22,23,24). The largest absolute Gasteiger partial charge is 0.306 e. The average molecular weight is 350 g/mol. The summed E-state index contributed by atoms with van der Waals surface area (Å²) in [6, 6.07) is 14.1. The quantitative estimate of drug-likeness (QED) is 0.548. The lowest BCUT2D eigenvalue weighted by Gasteiger charge is -2.04. The Morgan fingerprint density at radius 1 is 0.960 bits per heavy atom. The topological polar surface area (TPSA) is 45.8 Å². The summed E-state index contributed by atoms with van der Waals surface area (Å²) in [5.74, 6) is 0.263. The normalized spacial score (nSPS) is 11.2. The summed E-state index contributed by atoms with van der Waals surface area (Å²) in [5, 5.41) is 0.560. The third-order valence-electron chi connectivity index (χ3n) is 4.20. The van der Waals surface area contributed by atoms with E-state index < -0.39 is 0 Å². The van der Waals surface area contributed by atoms with Crippen molar-refractivity contribution in [3.8, 4) is 22.5 Å². The maximum Gasteiger partial charge on any atom is 0.260 e. The van der Waals surface area contributed by atoms with Crippen molar-refractivity contribution in [2.24, 2.45) is 0 Å². The summed E-state index contributed by atoms with van der Waals surface area (Å²) < 4.78 is 13.2. The Bertz CT molecular complexity index is 1130. The number of fused-ring (bicyclic) bond motifs is 1. The van der Waals surface area contributed by atoms with Crippen LogP contribution in [0.25, 0.3) is 32.7 Å². The molecule has 0 aliphatic rings. The van der Waals surface area contributed by atoms with Crippen LogP contribution in [0.4, 0.5) is 4.39 Å². The molecule has 0 bridgehead atoms. The minimum Gasteiger partial charge on any atom is -0.306 e. The number of aromatic nitrogens is 2. The van der Waals surface area contributed by atoms with Crippen LogP contribution in [-0.4, -0.2) is 9.97 Å². The Hall–Kier alpha value is -2.79. The van der Waals surface area contributed by atoms with Crippen molar-refractivity contribution in [2.45, 2.75) is 13.8 Å². The van der Waals surface area contributed by atoms with E-state index in [2.05, 4.69) is 9.97 Å². The molecule has 124 valence electrons. The summed E-state index contributed by atoms with van der Waals surface area (Å²) in [7, 11) is 0. The summed E-state index contributed by atoms with van der Waals surface area (Å²) in [6.45, 7) is 3.97. The van der Waals surface area contributed by atoms with Crippen molar-refractivity contribution >= 4 is 21.6 Å². The van der Waals surface area contributed by atoms with E-state index in [0.29, 0.717) is 16.0 Å². The average Bonchev–Trinajstić information content (AvgIpc) is 2.93. The SMILES string of the molecule is Cc1ccc(-c2nc3sc(C)c(-c4ccc(F)cc4)c3c(=O)[nH]2)cc1. The van der Waals surface area contributed by atoms with Gasteiger partial charge < -0.3 is 4.98 Å². The molecule has 3 nitrogen and oxygen atoms in total. The van der Waals surface area contributed by atoms with Crippen LogP contribution in [0, 0.1) is 19.7 Å². The van der Waals surface area contributed by atoms with Crippen molar-refractivity contribution in [3.05, 3.63) is 75.1 Å². The first kappa shape index (κ1) is 15.7. The number of halogens is 1. The van der Waals surface area contributed by atoms with Crippen LogP contribution in [0.5, 0.6) is 0 Å². The van der Waals surface area contributed by atoms with Gasteiger partial charge >= 0.3 is 0 Å². The van der Waals surface area contributed by atoms with Gasteiger partial charge in [0.1, 0.15) is 16.5 Å². The molecule has 2 aromatic heterocycles. The molecule has 0 atom stereocenters. The molecule has 0 amide bonds. The van der Waals surface area contributed by atoms with Crippen molar-refractivity contribution in [1.29, 1.82) is 0 Å². The Morgan fingerprint density at radius 2 is 1.60 bits per heavy atom. The number of nitrogens with one attached hydrogen (secondary N) is 1. The molecule has 5 heteroatoms. The number of benzene rings is 2. The van der Waals surface area contributed by atoms with Crippen molar-refractivity contribution in [3.63, 3.8) is 0 Å². The van der Waals surface area contributed by atoms with Gasteiger partial charge in [0.2, 0.25) is 0 Å². The van der Waals surface area contributed by atoms with E-state index in [1.54, 1.807) is 12.1 Å². The van der Waals surface area contributed by atoms with E-state index in [4.69, 9.17) is 0 Å². The van der Waals surface area contributed by atoms with Gasteiger partial charge in [0, 0.05) is 16.0 Å². The molecule has 0 radical (unpaired) electrons. The molecule has 25 heavy (non-hydrogen) atoms. The third-order valence-corrected chi connectivity index (χ3v) is 5.20. The van der Waals surface area contributed by atoms with Crippen LogP contribution in [0.15, 0.2) is 53.3 Å². The lowest BCUT2D eigenvalue weighted by molar-refractivity contribution is 0.628. The number of aryl methyl sites for hydroxylation is 2. The van der Waals surface area contributed by atoms with E-state index >= 15 is 0 Å². The molecule has 1 N–H and O–H groups in total. The first-order valence-electron chi connectivity index (χ1n) is 7.89. The lowest BCUT2D eigenvalue weighted by Crippen LogP contribution is -2.09. The molecule has 0 fully saturated rings. The molecule has 0 aliphatic carbocycles. The first-order valence-corrected chi connectivity index (χ1v) is 8.71. The summed E-state index contributed by atoms with van der Waals surface area (Å²) >= 11 is 1.48. The summed E-state index contributed by atoms with van der Waals surface area (Å²) in [5.41, 5.74) is 3.49. The van der Waals surface area contributed by atoms with Crippen LogP contribution in [-0.2, 0) is 0 Å². The van der Waals surface area contributed by atoms with Crippen LogP contribution < -0.4 is 5.56 Å². The molecule has 0 unspecified atom stereocenters. The van der Waals surface area contributed by atoms with E-state index in [1.807, 2.05) is 38.1 Å². The zero-order valence-electron chi connectivity index (χ0n) is 13.8. The van der Waals surface area contributed by atoms with Gasteiger partial charge in [-0.1, -0.05) is 42.0 Å². The zero-order valence-corrected chi connectivity index (χ0v) is 14.6. The number of nitrogens with zero attached hydrogens (tertiary/aromatic N) is 1. The molecule has 4 aromatic rings. The van der Waals surface area contributed by atoms with Crippen molar-refractivity contribution in [2.75, 3.05) is 0 Å². The van der Waals surface area contributed by atoms with Crippen molar-refractivity contribution < 1.29 is 4.39 Å². The Labute approximate surface area is 147 Å². The second-order valence-electron chi connectivity index (χ2n) is 6.00. The maximum atomic E-state index is 13.2. The third kappa shape index (κ3) is 2.76. The van der Waals surface area contributed by atoms with Crippen molar-refractivity contribution in [1.82, 2.24) is 9.97 Å². The van der Waals surface area contributed by atoms with E-state index in [1.165, 1.54) is 23.5 Å². The highest BCUT2D eigenvalue weighted by Crippen LogP contribution is 2.36. The Balaban J connectivity index is 1.93. The van der Waals surface area contributed by atoms with Gasteiger partial charge in [-0.3, -0.25) is 4.79 Å². The predicted molar refractivity (Wildman–Crippen MR) is 101 cm³/mol. The summed E-state index contributed by atoms with van der Waals surface area (Å²) in [6.07, 6.45) is 0. The van der Waals surface area contributed by atoms with Gasteiger partial charge in [-0.15, -0.1) is 11.3 Å². The smallest absolute Gasteiger partial charge is 0.260 e. The number of hydrogen-bond acceptors (Lipinski definition) is 3. The second-order valence-corrected chi connectivity index (χ2v) is 7.20. The number of aromatic amines is 1. The molecule has 2 aromatic carbocycles. The van der Waals surface area contributed by atoms with Crippen LogP contribution >= 0.6 is 11.3 Å². The van der Waals surface area contributed by atoms with E-state index in [0.717, 1.165) is 27.1 Å². The Kier molecular flexibility index (Phi) is 3.73. The molecule has 0 spiro atoms. The van der Waals surface area contributed by atoms with Gasteiger partial charge in [-0.25, -0.2) is 9.37 Å². The first-order chi connectivity index (χ1) is 12.0. The zero-order chi connectivity index (χ0) is 17.6.